The van der Waals surface area contributed by atoms with Gasteiger partial charge in [0.1, 0.15) is 6.04 Å². The quantitative estimate of drug-likeness (QED) is 0.791. The van der Waals surface area contributed by atoms with Crippen LogP contribution in [-0.2, 0) is 0 Å². The summed E-state index contributed by atoms with van der Waals surface area (Å²) in [5.74, 6) is 0. The van der Waals surface area contributed by atoms with E-state index in [1.54, 1.807) is 0 Å². The fourth-order valence-electron chi connectivity index (χ4n) is 1.26. The standard InChI is InChI=1S/C12H16N2/c1-4-11(8-13)14-12-6-5-9(2)10(3)7-12/h5-7,11,14H,4H2,1-3H3. The van der Waals surface area contributed by atoms with Crippen molar-refractivity contribution in [3.63, 3.8) is 0 Å². The Morgan fingerprint density at radius 1 is 1.36 bits per heavy atom. The maximum atomic E-state index is 8.80. The number of rotatable bonds is 3. The zero-order chi connectivity index (χ0) is 10.6. The van der Waals surface area contributed by atoms with Crippen molar-refractivity contribution in [3.8, 4) is 6.07 Å². The van der Waals surface area contributed by atoms with Crippen LogP contribution in [0.15, 0.2) is 18.2 Å². The molecule has 0 saturated heterocycles. The lowest BCUT2D eigenvalue weighted by Gasteiger charge is -2.11. The van der Waals surface area contributed by atoms with E-state index in [9.17, 15) is 0 Å². The van der Waals surface area contributed by atoms with Crippen LogP contribution in [0.4, 0.5) is 5.69 Å². The molecule has 0 saturated carbocycles. The molecule has 1 aromatic rings. The van der Waals surface area contributed by atoms with Gasteiger partial charge in [-0.1, -0.05) is 13.0 Å². The summed E-state index contributed by atoms with van der Waals surface area (Å²) in [6, 6.07) is 8.30. The Balaban J connectivity index is 2.78. The molecule has 0 aromatic heterocycles. The van der Waals surface area contributed by atoms with Crippen LogP contribution in [0, 0.1) is 25.2 Å². The van der Waals surface area contributed by atoms with E-state index in [2.05, 4.69) is 37.4 Å². The summed E-state index contributed by atoms with van der Waals surface area (Å²) in [6.07, 6.45) is 0.823. The van der Waals surface area contributed by atoms with E-state index in [0.717, 1.165) is 12.1 Å². The number of hydrogen-bond donors (Lipinski definition) is 1. The third-order valence-electron chi connectivity index (χ3n) is 2.41. The fourth-order valence-corrected chi connectivity index (χ4v) is 1.26. The van der Waals surface area contributed by atoms with E-state index in [4.69, 9.17) is 5.26 Å². The number of benzene rings is 1. The monoisotopic (exact) mass is 188 g/mol. The molecule has 0 fully saturated rings. The topological polar surface area (TPSA) is 35.8 Å². The van der Waals surface area contributed by atoms with Crippen molar-refractivity contribution < 1.29 is 0 Å². The second-order valence-electron chi connectivity index (χ2n) is 3.53. The zero-order valence-electron chi connectivity index (χ0n) is 8.96. The van der Waals surface area contributed by atoms with Crippen molar-refractivity contribution in [2.24, 2.45) is 0 Å². The van der Waals surface area contributed by atoms with E-state index < -0.39 is 0 Å². The molecule has 1 rings (SSSR count). The van der Waals surface area contributed by atoms with Crippen LogP contribution in [0.3, 0.4) is 0 Å². The highest BCUT2D eigenvalue weighted by Gasteiger charge is 2.03. The Morgan fingerprint density at radius 3 is 2.57 bits per heavy atom. The van der Waals surface area contributed by atoms with E-state index in [0.29, 0.717) is 0 Å². The first kappa shape index (κ1) is 10.6. The molecular formula is C12H16N2. The highest BCUT2D eigenvalue weighted by atomic mass is 14.9. The molecule has 1 unspecified atom stereocenters. The zero-order valence-corrected chi connectivity index (χ0v) is 8.96. The number of nitriles is 1. The molecule has 1 aromatic carbocycles. The Labute approximate surface area is 85.6 Å². The fraction of sp³-hybridized carbons (Fsp3) is 0.417. The normalized spacial score (nSPS) is 11.9. The number of aryl methyl sites for hydroxylation is 2. The van der Waals surface area contributed by atoms with Gasteiger partial charge in [-0.25, -0.2) is 0 Å². The van der Waals surface area contributed by atoms with Crippen LogP contribution >= 0.6 is 0 Å². The van der Waals surface area contributed by atoms with Crippen LogP contribution in [0.25, 0.3) is 0 Å². The summed E-state index contributed by atoms with van der Waals surface area (Å²) in [4.78, 5) is 0. The third kappa shape index (κ3) is 2.50. The molecule has 0 aliphatic rings. The molecule has 14 heavy (non-hydrogen) atoms. The van der Waals surface area contributed by atoms with Gasteiger partial charge in [-0.15, -0.1) is 0 Å². The van der Waals surface area contributed by atoms with E-state index >= 15 is 0 Å². The van der Waals surface area contributed by atoms with Gasteiger partial charge in [0.2, 0.25) is 0 Å². The molecule has 2 nitrogen and oxygen atoms in total. The van der Waals surface area contributed by atoms with Gasteiger partial charge >= 0.3 is 0 Å². The van der Waals surface area contributed by atoms with E-state index in [-0.39, 0.29) is 6.04 Å². The van der Waals surface area contributed by atoms with Gasteiger partial charge in [0, 0.05) is 5.69 Å². The van der Waals surface area contributed by atoms with Gasteiger partial charge in [0.05, 0.1) is 6.07 Å². The summed E-state index contributed by atoms with van der Waals surface area (Å²) in [6.45, 7) is 6.16. The van der Waals surface area contributed by atoms with Crippen molar-refractivity contribution in [3.05, 3.63) is 29.3 Å². The Bertz CT molecular complexity index is 350. The summed E-state index contributed by atoms with van der Waals surface area (Å²) in [7, 11) is 0. The van der Waals surface area contributed by atoms with Gasteiger partial charge < -0.3 is 5.32 Å². The number of nitrogens with zero attached hydrogens (tertiary/aromatic N) is 1. The Kier molecular flexibility index (Phi) is 3.53. The van der Waals surface area contributed by atoms with Crippen LogP contribution in [0.5, 0.6) is 0 Å². The largest absolute Gasteiger partial charge is 0.370 e. The molecule has 0 bridgehead atoms. The predicted octanol–water partition coefficient (Wildman–Crippen LogP) is 3.02. The molecule has 1 atom stereocenters. The molecule has 0 heterocycles. The van der Waals surface area contributed by atoms with Crippen molar-refractivity contribution in [1.29, 1.82) is 5.26 Å². The second-order valence-corrected chi connectivity index (χ2v) is 3.53. The Morgan fingerprint density at radius 2 is 2.07 bits per heavy atom. The molecule has 0 amide bonds. The first-order chi connectivity index (χ1) is 6.67. The average molecular weight is 188 g/mol. The molecule has 0 aliphatic carbocycles. The minimum absolute atomic E-state index is 0.0860. The molecule has 0 radical (unpaired) electrons. The summed E-state index contributed by atoms with van der Waals surface area (Å²) < 4.78 is 0. The van der Waals surface area contributed by atoms with Crippen LogP contribution in [0.1, 0.15) is 24.5 Å². The van der Waals surface area contributed by atoms with Crippen LogP contribution in [0.2, 0.25) is 0 Å². The first-order valence-corrected chi connectivity index (χ1v) is 4.90. The van der Waals surface area contributed by atoms with E-state index in [1.165, 1.54) is 11.1 Å². The lowest BCUT2D eigenvalue weighted by molar-refractivity contribution is 0.845. The highest BCUT2D eigenvalue weighted by molar-refractivity contribution is 5.49. The smallest absolute Gasteiger partial charge is 0.114 e. The molecule has 0 aliphatic heterocycles. The average Bonchev–Trinajstić information content (AvgIpc) is 2.19. The van der Waals surface area contributed by atoms with Crippen molar-refractivity contribution in [1.82, 2.24) is 0 Å². The lowest BCUT2D eigenvalue weighted by atomic mass is 10.1. The summed E-state index contributed by atoms with van der Waals surface area (Å²) in [5.41, 5.74) is 3.56. The number of anilines is 1. The second kappa shape index (κ2) is 4.66. The SMILES string of the molecule is CCC(C#N)Nc1ccc(C)c(C)c1. The predicted molar refractivity (Wildman–Crippen MR) is 59.2 cm³/mol. The lowest BCUT2D eigenvalue weighted by Crippen LogP contribution is -2.15. The summed E-state index contributed by atoms with van der Waals surface area (Å²) >= 11 is 0. The van der Waals surface area contributed by atoms with E-state index in [1.807, 2.05) is 13.0 Å². The van der Waals surface area contributed by atoms with Crippen LogP contribution in [-0.4, -0.2) is 6.04 Å². The molecule has 2 heteroatoms. The maximum absolute atomic E-state index is 8.80. The first-order valence-electron chi connectivity index (χ1n) is 4.90. The van der Waals surface area contributed by atoms with Gasteiger partial charge in [0.15, 0.2) is 0 Å². The molecule has 1 N–H and O–H groups in total. The molecule has 74 valence electrons. The van der Waals surface area contributed by atoms with Gasteiger partial charge in [-0.2, -0.15) is 5.26 Å². The Hall–Kier alpha value is -1.49. The summed E-state index contributed by atoms with van der Waals surface area (Å²) in [5, 5.41) is 12.0. The highest BCUT2D eigenvalue weighted by Crippen LogP contribution is 2.15. The van der Waals surface area contributed by atoms with Gasteiger partial charge in [0.25, 0.3) is 0 Å². The molecular weight excluding hydrogens is 172 g/mol. The maximum Gasteiger partial charge on any atom is 0.114 e. The van der Waals surface area contributed by atoms with Crippen molar-refractivity contribution in [2.45, 2.75) is 33.2 Å². The minimum Gasteiger partial charge on any atom is -0.370 e. The van der Waals surface area contributed by atoms with Crippen molar-refractivity contribution in [2.75, 3.05) is 5.32 Å². The minimum atomic E-state index is -0.0860. The number of nitrogens with one attached hydrogen (secondary N) is 1. The number of hydrogen-bond acceptors (Lipinski definition) is 2. The third-order valence-corrected chi connectivity index (χ3v) is 2.41. The van der Waals surface area contributed by atoms with Crippen LogP contribution < -0.4 is 5.32 Å². The van der Waals surface area contributed by atoms with Crippen molar-refractivity contribution >= 4 is 5.69 Å². The molecule has 0 spiro atoms. The van der Waals surface area contributed by atoms with Gasteiger partial charge in [-0.3, -0.25) is 0 Å². The van der Waals surface area contributed by atoms with Gasteiger partial charge in [-0.05, 0) is 43.5 Å².